The minimum atomic E-state index is 0.745. The van der Waals surface area contributed by atoms with Gasteiger partial charge in [-0.2, -0.15) is 5.10 Å². The summed E-state index contributed by atoms with van der Waals surface area (Å²) in [5.74, 6) is 0. The van der Waals surface area contributed by atoms with Gasteiger partial charge in [-0.05, 0) is 48.9 Å². The van der Waals surface area contributed by atoms with Gasteiger partial charge in [0.2, 0.25) is 0 Å². The molecule has 4 rings (SSSR count). The van der Waals surface area contributed by atoms with Gasteiger partial charge in [0.1, 0.15) is 0 Å². The molecule has 21 heavy (non-hydrogen) atoms. The monoisotopic (exact) mass is 297 g/mol. The van der Waals surface area contributed by atoms with E-state index in [-0.39, 0.29) is 0 Å². The topological polar surface area (TPSA) is 30.2 Å². The van der Waals surface area contributed by atoms with Crippen molar-refractivity contribution in [2.45, 2.75) is 32.6 Å². The molecule has 3 aromatic rings. The number of benzene rings is 1. The molecule has 1 aliphatic rings. The summed E-state index contributed by atoms with van der Waals surface area (Å²) < 4.78 is 2.05. The zero-order valence-corrected chi connectivity index (χ0v) is 12.7. The van der Waals surface area contributed by atoms with Crippen LogP contribution in [0.25, 0.3) is 16.8 Å². The van der Waals surface area contributed by atoms with Crippen molar-refractivity contribution in [1.82, 2.24) is 14.6 Å². The predicted molar refractivity (Wildman–Crippen MR) is 84.8 cm³/mol. The van der Waals surface area contributed by atoms with Gasteiger partial charge in [0, 0.05) is 22.5 Å². The van der Waals surface area contributed by atoms with Crippen molar-refractivity contribution in [3.05, 3.63) is 52.4 Å². The average Bonchev–Trinajstić information content (AvgIpc) is 3.10. The lowest BCUT2D eigenvalue weighted by atomic mass is 10.0. The summed E-state index contributed by atoms with van der Waals surface area (Å²) in [6.45, 7) is 2.13. The second-order valence-corrected chi connectivity index (χ2v) is 5.94. The summed E-state index contributed by atoms with van der Waals surface area (Å²) in [5, 5.41) is 5.57. The minimum Gasteiger partial charge on any atom is -0.236 e. The van der Waals surface area contributed by atoms with Crippen LogP contribution in [0, 0.1) is 0 Å². The molecule has 0 radical (unpaired) electrons. The third kappa shape index (κ3) is 1.95. The Balaban J connectivity index is 2.04. The fourth-order valence-electron chi connectivity index (χ4n) is 3.22. The Kier molecular flexibility index (Phi) is 2.96. The second-order valence-electron chi connectivity index (χ2n) is 5.50. The molecule has 0 unspecified atom stereocenters. The van der Waals surface area contributed by atoms with Crippen molar-refractivity contribution in [1.29, 1.82) is 0 Å². The highest BCUT2D eigenvalue weighted by molar-refractivity contribution is 6.30. The van der Waals surface area contributed by atoms with E-state index in [9.17, 15) is 0 Å². The van der Waals surface area contributed by atoms with Crippen molar-refractivity contribution in [2.24, 2.45) is 0 Å². The summed E-state index contributed by atoms with van der Waals surface area (Å²) in [6.07, 6.45) is 6.32. The molecular formula is C17H16ClN3. The van der Waals surface area contributed by atoms with Gasteiger partial charge in [0.05, 0.1) is 5.69 Å². The van der Waals surface area contributed by atoms with Crippen LogP contribution in [-0.2, 0) is 19.3 Å². The van der Waals surface area contributed by atoms with Crippen LogP contribution in [0.2, 0.25) is 5.02 Å². The predicted octanol–water partition coefficient (Wildman–Crippen LogP) is 4.10. The Morgan fingerprint density at radius 2 is 2.19 bits per heavy atom. The van der Waals surface area contributed by atoms with Crippen LogP contribution in [0.4, 0.5) is 0 Å². The molecule has 0 fully saturated rings. The molecule has 4 heteroatoms. The summed E-state index contributed by atoms with van der Waals surface area (Å²) >= 11 is 6.15. The van der Waals surface area contributed by atoms with E-state index in [1.807, 2.05) is 24.4 Å². The van der Waals surface area contributed by atoms with Gasteiger partial charge >= 0.3 is 0 Å². The number of fused-ring (bicyclic) bond motifs is 3. The molecule has 0 bridgehead atoms. The quantitative estimate of drug-likeness (QED) is 0.713. The molecule has 106 valence electrons. The van der Waals surface area contributed by atoms with Crippen molar-refractivity contribution in [3.63, 3.8) is 0 Å². The number of aryl methyl sites for hydroxylation is 3. The number of halogens is 1. The number of nitrogens with zero attached hydrogens (tertiary/aromatic N) is 3. The normalized spacial score (nSPS) is 13.8. The molecule has 0 spiro atoms. The molecule has 0 N–H and O–H groups in total. The van der Waals surface area contributed by atoms with E-state index in [2.05, 4.69) is 22.5 Å². The number of rotatable bonds is 2. The van der Waals surface area contributed by atoms with E-state index in [1.54, 1.807) is 0 Å². The lowest BCUT2D eigenvalue weighted by Crippen LogP contribution is -1.99. The molecule has 1 aliphatic carbocycles. The van der Waals surface area contributed by atoms with Gasteiger partial charge in [0.15, 0.2) is 5.65 Å². The van der Waals surface area contributed by atoms with E-state index >= 15 is 0 Å². The van der Waals surface area contributed by atoms with Crippen LogP contribution in [-0.4, -0.2) is 14.6 Å². The van der Waals surface area contributed by atoms with Gasteiger partial charge in [0.25, 0.3) is 0 Å². The number of aromatic nitrogens is 3. The Hall–Kier alpha value is -1.87. The molecule has 0 amide bonds. The van der Waals surface area contributed by atoms with E-state index in [0.717, 1.165) is 46.8 Å². The first-order valence-corrected chi connectivity index (χ1v) is 7.80. The van der Waals surface area contributed by atoms with Gasteiger partial charge in [-0.15, -0.1) is 0 Å². The van der Waals surface area contributed by atoms with Gasteiger partial charge in [-0.3, -0.25) is 0 Å². The van der Waals surface area contributed by atoms with E-state index in [4.69, 9.17) is 16.7 Å². The lowest BCUT2D eigenvalue weighted by Gasteiger charge is -2.04. The first kappa shape index (κ1) is 12.8. The standard InChI is InChI=1S/C17H16ClN3/c1-2-14-16(11-5-3-7-13(18)9-11)17-19-10-12-6-4-8-15(12)21(17)20-14/h3,5,7,9-10H,2,4,6,8H2,1H3. The van der Waals surface area contributed by atoms with Crippen LogP contribution in [0.1, 0.15) is 30.3 Å². The average molecular weight is 298 g/mol. The summed E-state index contributed by atoms with van der Waals surface area (Å²) in [6, 6.07) is 7.95. The van der Waals surface area contributed by atoms with Crippen molar-refractivity contribution >= 4 is 17.2 Å². The number of hydrogen-bond donors (Lipinski definition) is 0. The molecule has 3 nitrogen and oxygen atoms in total. The molecule has 1 aromatic carbocycles. The summed E-state index contributed by atoms with van der Waals surface area (Å²) in [7, 11) is 0. The van der Waals surface area contributed by atoms with Crippen LogP contribution in [0.3, 0.4) is 0 Å². The Bertz CT molecular complexity index is 835. The van der Waals surface area contributed by atoms with Crippen LogP contribution < -0.4 is 0 Å². The first-order chi connectivity index (χ1) is 10.3. The van der Waals surface area contributed by atoms with E-state index in [0.29, 0.717) is 0 Å². The maximum atomic E-state index is 6.15. The van der Waals surface area contributed by atoms with E-state index in [1.165, 1.54) is 17.7 Å². The highest BCUT2D eigenvalue weighted by Gasteiger charge is 2.21. The van der Waals surface area contributed by atoms with Crippen molar-refractivity contribution in [3.8, 4) is 11.1 Å². The molecule has 0 saturated carbocycles. The largest absolute Gasteiger partial charge is 0.236 e. The Morgan fingerprint density at radius 1 is 1.29 bits per heavy atom. The molecular weight excluding hydrogens is 282 g/mol. The Labute approximate surface area is 128 Å². The van der Waals surface area contributed by atoms with E-state index < -0.39 is 0 Å². The third-order valence-corrected chi connectivity index (χ3v) is 4.45. The Morgan fingerprint density at radius 3 is 3.00 bits per heavy atom. The molecule has 2 heterocycles. The zero-order valence-electron chi connectivity index (χ0n) is 11.9. The fraction of sp³-hybridized carbons (Fsp3) is 0.294. The maximum Gasteiger partial charge on any atom is 0.163 e. The summed E-state index contributed by atoms with van der Waals surface area (Å²) in [5.41, 5.74) is 6.92. The minimum absolute atomic E-state index is 0.745. The molecule has 0 saturated heterocycles. The highest BCUT2D eigenvalue weighted by Crippen LogP contribution is 2.32. The first-order valence-electron chi connectivity index (χ1n) is 7.42. The zero-order chi connectivity index (χ0) is 14.4. The maximum absolute atomic E-state index is 6.15. The molecule has 0 atom stereocenters. The highest BCUT2D eigenvalue weighted by atomic mass is 35.5. The van der Waals surface area contributed by atoms with Gasteiger partial charge < -0.3 is 0 Å². The smallest absolute Gasteiger partial charge is 0.163 e. The van der Waals surface area contributed by atoms with Gasteiger partial charge in [-0.25, -0.2) is 9.50 Å². The van der Waals surface area contributed by atoms with Crippen LogP contribution >= 0.6 is 11.6 Å². The van der Waals surface area contributed by atoms with Crippen molar-refractivity contribution in [2.75, 3.05) is 0 Å². The van der Waals surface area contributed by atoms with Crippen LogP contribution in [0.5, 0.6) is 0 Å². The van der Waals surface area contributed by atoms with Crippen molar-refractivity contribution < 1.29 is 0 Å². The van der Waals surface area contributed by atoms with Gasteiger partial charge in [-0.1, -0.05) is 30.7 Å². The third-order valence-electron chi connectivity index (χ3n) is 4.21. The second kappa shape index (κ2) is 4.85. The fourth-order valence-corrected chi connectivity index (χ4v) is 3.41. The summed E-state index contributed by atoms with van der Waals surface area (Å²) in [4.78, 5) is 4.68. The molecule has 2 aromatic heterocycles. The van der Waals surface area contributed by atoms with Crippen LogP contribution in [0.15, 0.2) is 30.5 Å². The SMILES string of the molecule is CCc1nn2c3c(cnc2c1-c1cccc(Cl)c1)CCC3. The molecule has 0 aliphatic heterocycles. The lowest BCUT2D eigenvalue weighted by molar-refractivity contribution is 0.816. The number of hydrogen-bond acceptors (Lipinski definition) is 2.